The molecule has 0 spiro atoms. The Morgan fingerprint density at radius 2 is 1.81 bits per heavy atom. The summed E-state index contributed by atoms with van der Waals surface area (Å²) in [5.74, 6) is 1.18. The lowest BCUT2D eigenvalue weighted by Gasteiger charge is -2.07. The first-order chi connectivity index (χ1) is 10.1. The Balaban J connectivity index is 1.83. The van der Waals surface area contributed by atoms with Crippen molar-refractivity contribution in [3.05, 3.63) is 34.8 Å². The predicted octanol–water partition coefficient (Wildman–Crippen LogP) is 3.18. The zero-order chi connectivity index (χ0) is 15.2. The van der Waals surface area contributed by atoms with Gasteiger partial charge >= 0.3 is 0 Å². The van der Waals surface area contributed by atoms with Gasteiger partial charge in [-0.3, -0.25) is 10.1 Å². The van der Waals surface area contributed by atoms with E-state index in [9.17, 15) is 4.79 Å². The Morgan fingerprint density at radius 3 is 2.33 bits per heavy atom. The summed E-state index contributed by atoms with van der Waals surface area (Å²) in [4.78, 5) is 17.1. The van der Waals surface area contributed by atoms with Gasteiger partial charge in [0, 0.05) is 4.88 Å². The Kier molecular flexibility index (Phi) is 5.16. The number of benzene rings is 1. The molecule has 2 aromatic rings. The van der Waals surface area contributed by atoms with E-state index in [-0.39, 0.29) is 12.5 Å². The number of thiazole rings is 1. The number of aryl methyl sites for hydroxylation is 2. The quantitative estimate of drug-likeness (QED) is 0.890. The smallest absolute Gasteiger partial charge is 0.264 e. The highest BCUT2D eigenvalue weighted by atomic mass is 32.1. The molecule has 0 fully saturated rings. The number of nitrogens with zero attached hydrogens (tertiary/aromatic N) is 1. The third-order valence-electron chi connectivity index (χ3n) is 2.78. The van der Waals surface area contributed by atoms with E-state index >= 15 is 0 Å². The molecule has 1 amide bonds. The van der Waals surface area contributed by atoms with Crippen LogP contribution in [0.15, 0.2) is 24.3 Å². The molecule has 0 saturated carbocycles. The Hall–Kier alpha value is -2.08. The number of carbonyl (C=O) groups is 1. The van der Waals surface area contributed by atoms with E-state index in [0.717, 1.165) is 16.3 Å². The second kappa shape index (κ2) is 7.08. The Bertz CT molecular complexity index is 588. The molecule has 112 valence electrons. The fraction of sp³-hybridized carbons (Fsp3) is 0.333. The molecule has 0 atom stereocenters. The molecule has 6 heteroatoms. The molecule has 0 aliphatic rings. The lowest BCUT2D eigenvalue weighted by atomic mass is 10.3. The first-order valence-corrected chi connectivity index (χ1v) is 7.49. The van der Waals surface area contributed by atoms with Crippen molar-refractivity contribution in [2.75, 3.05) is 18.5 Å². The van der Waals surface area contributed by atoms with Crippen LogP contribution in [0.25, 0.3) is 0 Å². The van der Waals surface area contributed by atoms with Gasteiger partial charge in [0.1, 0.15) is 11.5 Å². The van der Waals surface area contributed by atoms with Gasteiger partial charge in [0.05, 0.1) is 12.3 Å². The first-order valence-electron chi connectivity index (χ1n) is 6.68. The lowest BCUT2D eigenvalue weighted by molar-refractivity contribution is -0.118. The molecule has 0 unspecified atom stereocenters. The molecule has 21 heavy (non-hydrogen) atoms. The SMILES string of the molecule is CCOc1ccc(OCC(=O)Nc2nc(C)c(C)s2)cc1. The third-order valence-corrected chi connectivity index (χ3v) is 3.77. The molecular weight excluding hydrogens is 288 g/mol. The van der Waals surface area contributed by atoms with E-state index in [1.54, 1.807) is 12.1 Å². The molecule has 0 radical (unpaired) electrons. The van der Waals surface area contributed by atoms with Gasteiger partial charge in [0.15, 0.2) is 11.7 Å². The summed E-state index contributed by atoms with van der Waals surface area (Å²) in [6.45, 7) is 6.38. The highest BCUT2D eigenvalue weighted by Crippen LogP contribution is 2.21. The van der Waals surface area contributed by atoms with Crippen molar-refractivity contribution >= 4 is 22.4 Å². The molecule has 0 saturated heterocycles. The van der Waals surface area contributed by atoms with Crippen molar-refractivity contribution in [3.8, 4) is 11.5 Å². The molecule has 0 bridgehead atoms. The summed E-state index contributed by atoms with van der Waals surface area (Å²) in [6.07, 6.45) is 0. The topological polar surface area (TPSA) is 60.5 Å². The number of aromatic nitrogens is 1. The number of anilines is 1. The van der Waals surface area contributed by atoms with Gasteiger partial charge in [0.2, 0.25) is 0 Å². The standard InChI is InChI=1S/C15H18N2O3S/c1-4-19-12-5-7-13(8-6-12)20-9-14(18)17-15-16-10(2)11(3)21-15/h5-8H,4,9H2,1-3H3,(H,16,17,18). The van der Waals surface area contributed by atoms with E-state index < -0.39 is 0 Å². The van der Waals surface area contributed by atoms with Crippen LogP contribution >= 0.6 is 11.3 Å². The van der Waals surface area contributed by atoms with Crippen molar-refractivity contribution in [2.45, 2.75) is 20.8 Å². The highest BCUT2D eigenvalue weighted by Gasteiger charge is 2.08. The predicted molar refractivity (Wildman–Crippen MR) is 83.3 cm³/mol. The van der Waals surface area contributed by atoms with Crippen molar-refractivity contribution in [3.63, 3.8) is 0 Å². The minimum absolute atomic E-state index is 0.0499. The normalized spacial score (nSPS) is 10.2. The maximum atomic E-state index is 11.8. The van der Waals surface area contributed by atoms with Gasteiger partial charge < -0.3 is 9.47 Å². The summed E-state index contributed by atoms with van der Waals surface area (Å²) in [6, 6.07) is 7.17. The number of carbonyl (C=O) groups excluding carboxylic acids is 1. The molecular formula is C15H18N2O3S. The van der Waals surface area contributed by atoms with Crippen LogP contribution in [0.3, 0.4) is 0 Å². The molecule has 1 N–H and O–H groups in total. The average molecular weight is 306 g/mol. The second-order valence-electron chi connectivity index (χ2n) is 4.40. The fourth-order valence-corrected chi connectivity index (χ4v) is 2.46. The van der Waals surface area contributed by atoms with E-state index in [4.69, 9.17) is 9.47 Å². The number of hydrogen-bond acceptors (Lipinski definition) is 5. The summed E-state index contributed by atoms with van der Waals surface area (Å²) >= 11 is 1.46. The van der Waals surface area contributed by atoms with Gasteiger partial charge in [-0.05, 0) is 45.0 Å². The highest BCUT2D eigenvalue weighted by molar-refractivity contribution is 7.15. The van der Waals surface area contributed by atoms with Crippen LogP contribution in [0.1, 0.15) is 17.5 Å². The van der Waals surface area contributed by atoms with Gasteiger partial charge in [-0.1, -0.05) is 0 Å². The second-order valence-corrected chi connectivity index (χ2v) is 5.61. The zero-order valence-electron chi connectivity index (χ0n) is 12.3. The van der Waals surface area contributed by atoms with Crippen molar-refractivity contribution in [1.82, 2.24) is 4.98 Å². The minimum atomic E-state index is -0.224. The van der Waals surface area contributed by atoms with Crippen LogP contribution < -0.4 is 14.8 Å². The van der Waals surface area contributed by atoms with E-state index in [0.29, 0.717) is 17.5 Å². The average Bonchev–Trinajstić information content (AvgIpc) is 2.77. The molecule has 5 nitrogen and oxygen atoms in total. The van der Waals surface area contributed by atoms with Crippen LogP contribution in [0, 0.1) is 13.8 Å². The molecule has 0 aliphatic carbocycles. The molecule has 0 aliphatic heterocycles. The van der Waals surface area contributed by atoms with E-state index in [1.807, 2.05) is 32.9 Å². The maximum absolute atomic E-state index is 11.8. The lowest BCUT2D eigenvalue weighted by Crippen LogP contribution is -2.20. The molecule has 1 aromatic heterocycles. The van der Waals surface area contributed by atoms with Crippen molar-refractivity contribution < 1.29 is 14.3 Å². The largest absolute Gasteiger partial charge is 0.494 e. The Labute approximate surface area is 127 Å². The number of nitrogens with one attached hydrogen (secondary N) is 1. The van der Waals surface area contributed by atoms with Crippen LogP contribution in [0.5, 0.6) is 11.5 Å². The zero-order valence-corrected chi connectivity index (χ0v) is 13.1. The number of hydrogen-bond donors (Lipinski definition) is 1. The van der Waals surface area contributed by atoms with Gasteiger partial charge in [0.25, 0.3) is 5.91 Å². The van der Waals surface area contributed by atoms with Gasteiger partial charge in [-0.15, -0.1) is 11.3 Å². The Morgan fingerprint density at radius 1 is 1.19 bits per heavy atom. The third kappa shape index (κ3) is 4.46. The summed E-state index contributed by atoms with van der Waals surface area (Å²) in [5, 5.41) is 3.33. The van der Waals surface area contributed by atoms with Crippen molar-refractivity contribution in [1.29, 1.82) is 0 Å². The summed E-state index contributed by atoms with van der Waals surface area (Å²) in [7, 11) is 0. The first kappa shape index (κ1) is 15.3. The molecule has 1 heterocycles. The van der Waals surface area contributed by atoms with Crippen molar-refractivity contribution in [2.24, 2.45) is 0 Å². The van der Waals surface area contributed by atoms with Crippen LogP contribution in [0.4, 0.5) is 5.13 Å². The minimum Gasteiger partial charge on any atom is -0.494 e. The van der Waals surface area contributed by atoms with Crippen LogP contribution in [0.2, 0.25) is 0 Å². The van der Waals surface area contributed by atoms with Crippen LogP contribution in [-0.4, -0.2) is 24.1 Å². The fourth-order valence-electron chi connectivity index (χ4n) is 1.63. The van der Waals surface area contributed by atoms with Crippen LogP contribution in [-0.2, 0) is 4.79 Å². The monoisotopic (exact) mass is 306 g/mol. The van der Waals surface area contributed by atoms with Gasteiger partial charge in [-0.2, -0.15) is 0 Å². The maximum Gasteiger partial charge on any atom is 0.264 e. The number of amides is 1. The molecule has 2 rings (SSSR count). The number of rotatable bonds is 6. The summed E-state index contributed by atoms with van der Waals surface area (Å²) < 4.78 is 10.8. The van der Waals surface area contributed by atoms with E-state index in [2.05, 4.69) is 10.3 Å². The van der Waals surface area contributed by atoms with E-state index in [1.165, 1.54) is 11.3 Å². The summed E-state index contributed by atoms with van der Waals surface area (Å²) in [5.41, 5.74) is 0.933. The van der Waals surface area contributed by atoms with Gasteiger partial charge in [-0.25, -0.2) is 4.98 Å². The molecule has 1 aromatic carbocycles. The number of ether oxygens (including phenoxy) is 2.